The van der Waals surface area contributed by atoms with E-state index in [1.165, 1.54) is 0 Å². The first-order valence-corrected chi connectivity index (χ1v) is 8.45. The Morgan fingerprint density at radius 1 is 1.41 bits per heavy atom. The fourth-order valence-electron chi connectivity index (χ4n) is 2.70. The second-order valence-electron chi connectivity index (χ2n) is 5.82. The SMILES string of the molecule is CCCC[C@H](N)C(=O)N1CCC(Oc2ccccc2Cl)CC1. The van der Waals surface area contributed by atoms with Crippen molar-refractivity contribution in [3.63, 3.8) is 0 Å². The summed E-state index contributed by atoms with van der Waals surface area (Å²) in [4.78, 5) is 14.1. The first-order chi connectivity index (χ1) is 10.6. The minimum atomic E-state index is -0.360. The van der Waals surface area contributed by atoms with Crippen molar-refractivity contribution in [3.8, 4) is 5.75 Å². The number of halogens is 1. The number of benzene rings is 1. The zero-order chi connectivity index (χ0) is 15.9. The third-order valence-corrected chi connectivity index (χ3v) is 4.38. The number of amides is 1. The number of unbranched alkanes of at least 4 members (excludes halogenated alkanes) is 1. The molecule has 2 rings (SSSR count). The van der Waals surface area contributed by atoms with Crippen LogP contribution in [0.5, 0.6) is 5.75 Å². The van der Waals surface area contributed by atoms with Crippen molar-refractivity contribution in [1.82, 2.24) is 4.90 Å². The molecule has 1 saturated heterocycles. The first kappa shape index (κ1) is 17.1. The molecule has 0 aromatic heterocycles. The molecule has 1 aliphatic rings. The van der Waals surface area contributed by atoms with E-state index in [-0.39, 0.29) is 18.1 Å². The second-order valence-corrected chi connectivity index (χ2v) is 6.23. The highest BCUT2D eigenvalue weighted by atomic mass is 35.5. The van der Waals surface area contributed by atoms with E-state index < -0.39 is 0 Å². The van der Waals surface area contributed by atoms with Crippen molar-refractivity contribution in [1.29, 1.82) is 0 Å². The van der Waals surface area contributed by atoms with E-state index in [4.69, 9.17) is 22.1 Å². The predicted octanol–water partition coefficient (Wildman–Crippen LogP) is 3.23. The third-order valence-electron chi connectivity index (χ3n) is 4.07. The van der Waals surface area contributed by atoms with Crippen molar-refractivity contribution >= 4 is 17.5 Å². The summed E-state index contributed by atoms with van der Waals surface area (Å²) < 4.78 is 5.94. The molecule has 2 N–H and O–H groups in total. The minimum absolute atomic E-state index is 0.0737. The number of para-hydroxylation sites is 1. The van der Waals surface area contributed by atoms with Crippen molar-refractivity contribution in [2.45, 2.75) is 51.2 Å². The van der Waals surface area contributed by atoms with Gasteiger partial charge in [-0.2, -0.15) is 0 Å². The zero-order valence-corrected chi connectivity index (χ0v) is 13.9. The van der Waals surface area contributed by atoms with Gasteiger partial charge in [0, 0.05) is 25.9 Å². The minimum Gasteiger partial charge on any atom is -0.489 e. The highest BCUT2D eigenvalue weighted by Gasteiger charge is 2.27. The molecule has 0 aliphatic carbocycles. The van der Waals surface area contributed by atoms with E-state index in [0.717, 1.165) is 32.1 Å². The zero-order valence-electron chi connectivity index (χ0n) is 13.1. The lowest BCUT2D eigenvalue weighted by molar-refractivity contribution is -0.134. The molecule has 4 nitrogen and oxygen atoms in total. The average molecular weight is 325 g/mol. The lowest BCUT2D eigenvalue weighted by Gasteiger charge is -2.33. The molecule has 0 saturated carbocycles. The summed E-state index contributed by atoms with van der Waals surface area (Å²) in [5.74, 6) is 0.790. The Hall–Kier alpha value is -1.26. The molecule has 1 atom stereocenters. The summed E-state index contributed by atoms with van der Waals surface area (Å²) in [5, 5.41) is 0.627. The molecular formula is C17H25ClN2O2. The first-order valence-electron chi connectivity index (χ1n) is 8.07. The van der Waals surface area contributed by atoms with Crippen LogP contribution in [0.2, 0.25) is 5.02 Å². The topological polar surface area (TPSA) is 55.6 Å². The van der Waals surface area contributed by atoms with Crippen LogP contribution < -0.4 is 10.5 Å². The van der Waals surface area contributed by atoms with Gasteiger partial charge in [-0.3, -0.25) is 4.79 Å². The Morgan fingerprint density at radius 2 is 2.09 bits per heavy atom. The number of piperidine rings is 1. The van der Waals surface area contributed by atoms with Gasteiger partial charge in [-0.15, -0.1) is 0 Å². The fourth-order valence-corrected chi connectivity index (χ4v) is 2.88. The molecule has 1 aliphatic heterocycles. The van der Waals surface area contributed by atoms with E-state index in [1.807, 2.05) is 29.2 Å². The Morgan fingerprint density at radius 3 is 2.73 bits per heavy atom. The van der Waals surface area contributed by atoms with Gasteiger partial charge in [-0.25, -0.2) is 0 Å². The van der Waals surface area contributed by atoms with Crippen LogP contribution in [-0.4, -0.2) is 36.0 Å². The number of hydrogen-bond acceptors (Lipinski definition) is 3. The van der Waals surface area contributed by atoms with E-state index in [9.17, 15) is 4.79 Å². The lowest BCUT2D eigenvalue weighted by atomic mass is 10.0. The summed E-state index contributed by atoms with van der Waals surface area (Å²) in [6, 6.07) is 7.13. The van der Waals surface area contributed by atoms with Gasteiger partial charge >= 0.3 is 0 Å². The maximum absolute atomic E-state index is 12.3. The number of hydrogen-bond donors (Lipinski definition) is 1. The Bertz CT molecular complexity index is 487. The summed E-state index contributed by atoms with van der Waals surface area (Å²) in [7, 11) is 0. The fraction of sp³-hybridized carbons (Fsp3) is 0.588. The molecule has 122 valence electrons. The maximum Gasteiger partial charge on any atom is 0.239 e. The quantitative estimate of drug-likeness (QED) is 0.874. The van der Waals surface area contributed by atoms with Crippen LogP contribution in [0, 0.1) is 0 Å². The summed E-state index contributed by atoms with van der Waals surface area (Å²) in [6.07, 6.45) is 4.57. The van der Waals surface area contributed by atoms with Gasteiger partial charge < -0.3 is 15.4 Å². The Balaban J connectivity index is 1.80. The van der Waals surface area contributed by atoms with Crippen molar-refractivity contribution in [2.75, 3.05) is 13.1 Å². The van der Waals surface area contributed by atoms with Gasteiger partial charge in [0.1, 0.15) is 11.9 Å². The molecule has 1 amide bonds. The third kappa shape index (κ3) is 4.62. The van der Waals surface area contributed by atoms with Gasteiger partial charge in [-0.1, -0.05) is 43.5 Å². The number of likely N-dealkylation sites (tertiary alicyclic amines) is 1. The molecule has 1 fully saturated rings. The normalized spacial score (nSPS) is 17.3. The van der Waals surface area contributed by atoms with Crippen LogP contribution in [0.15, 0.2) is 24.3 Å². The summed E-state index contributed by atoms with van der Waals surface area (Å²) in [6.45, 7) is 3.51. The molecule has 0 spiro atoms. The number of nitrogens with two attached hydrogens (primary N) is 1. The Kier molecular flexibility index (Phi) is 6.52. The van der Waals surface area contributed by atoms with Crippen molar-refractivity contribution in [2.24, 2.45) is 5.73 Å². The van der Waals surface area contributed by atoms with Crippen LogP contribution in [0.1, 0.15) is 39.0 Å². The monoisotopic (exact) mass is 324 g/mol. The highest BCUT2D eigenvalue weighted by Crippen LogP contribution is 2.26. The van der Waals surface area contributed by atoms with Gasteiger partial charge in [0.05, 0.1) is 11.1 Å². The number of carbonyl (C=O) groups is 1. The van der Waals surface area contributed by atoms with Gasteiger partial charge in [0.25, 0.3) is 0 Å². The summed E-state index contributed by atoms with van der Waals surface area (Å²) >= 11 is 6.11. The van der Waals surface area contributed by atoms with E-state index >= 15 is 0 Å². The van der Waals surface area contributed by atoms with Crippen molar-refractivity contribution < 1.29 is 9.53 Å². The van der Waals surface area contributed by atoms with Crippen molar-refractivity contribution in [3.05, 3.63) is 29.3 Å². The molecule has 5 heteroatoms. The van der Waals surface area contributed by atoms with Crippen LogP contribution in [0.4, 0.5) is 0 Å². The molecule has 1 aromatic carbocycles. The standard InChI is InChI=1S/C17H25ClN2O2/c1-2-3-7-15(19)17(21)20-11-9-13(10-12-20)22-16-8-5-4-6-14(16)18/h4-6,8,13,15H,2-3,7,9-12,19H2,1H3/t15-/m0/s1. The van der Waals surface area contributed by atoms with Gasteiger partial charge in [-0.05, 0) is 18.6 Å². The maximum atomic E-state index is 12.3. The predicted molar refractivity (Wildman–Crippen MR) is 89.2 cm³/mol. The van der Waals surface area contributed by atoms with E-state index in [0.29, 0.717) is 23.9 Å². The van der Waals surface area contributed by atoms with Crippen LogP contribution >= 0.6 is 11.6 Å². The van der Waals surface area contributed by atoms with Gasteiger partial charge in [0.2, 0.25) is 5.91 Å². The van der Waals surface area contributed by atoms with E-state index in [1.54, 1.807) is 0 Å². The number of nitrogens with zero attached hydrogens (tertiary/aromatic N) is 1. The molecular weight excluding hydrogens is 300 g/mol. The molecule has 1 heterocycles. The molecule has 0 bridgehead atoms. The molecule has 0 unspecified atom stereocenters. The van der Waals surface area contributed by atoms with Crippen LogP contribution in [0.25, 0.3) is 0 Å². The molecule has 1 aromatic rings. The lowest BCUT2D eigenvalue weighted by Crippen LogP contribution is -2.48. The Labute approximate surface area is 137 Å². The molecule has 22 heavy (non-hydrogen) atoms. The second kappa shape index (κ2) is 8.39. The number of carbonyl (C=O) groups excluding carboxylic acids is 1. The van der Waals surface area contributed by atoms with Crippen LogP contribution in [-0.2, 0) is 4.79 Å². The largest absolute Gasteiger partial charge is 0.489 e. The van der Waals surface area contributed by atoms with E-state index in [2.05, 4.69) is 6.92 Å². The number of rotatable bonds is 6. The number of ether oxygens (including phenoxy) is 1. The van der Waals surface area contributed by atoms with Crippen LogP contribution in [0.3, 0.4) is 0 Å². The summed E-state index contributed by atoms with van der Waals surface area (Å²) in [5.41, 5.74) is 5.97. The highest BCUT2D eigenvalue weighted by molar-refractivity contribution is 6.32. The van der Waals surface area contributed by atoms with Gasteiger partial charge in [0.15, 0.2) is 0 Å². The average Bonchev–Trinajstić information content (AvgIpc) is 2.55. The smallest absolute Gasteiger partial charge is 0.239 e. The molecule has 0 radical (unpaired) electrons.